The summed E-state index contributed by atoms with van der Waals surface area (Å²) in [5.41, 5.74) is 0.943. The first-order valence-corrected chi connectivity index (χ1v) is 5.46. The van der Waals surface area contributed by atoms with E-state index in [1.54, 1.807) is 12.1 Å². The van der Waals surface area contributed by atoms with E-state index in [2.05, 4.69) is 0 Å². The van der Waals surface area contributed by atoms with E-state index >= 15 is 0 Å². The molecule has 1 aromatic rings. The first-order chi connectivity index (χ1) is 6.99. The third kappa shape index (κ3) is 2.36. The summed E-state index contributed by atoms with van der Waals surface area (Å²) in [6.45, 7) is 7.60. The van der Waals surface area contributed by atoms with Crippen LogP contribution in [-0.4, -0.2) is 0 Å². The number of halogens is 2. The van der Waals surface area contributed by atoms with Crippen LogP contribution in [0.2, 0.25) is 0 Å². The largest absolute Gasteiger partial charge is 0.203 e. The lowest BCUT2D eigenvalue weighted by Gasteiger charge is -2.14. The van der Waals surface area contributed by atoms with Crippen LogP contribution >= 0.6 is 0 Å². The molecule has 0 spiro atoms. The van der Waals surface area contributed by atoms with Gasteiger partial charge in [0.15, 0.2) is 11.6 Å². The molecule has 84 valence electrons. The Morgan fingerprint density at radius 3 is 1.93 bits per heavy atom. The van der Waals surface area contributed by atoms with Gasteiger partial charge in [-0.1, -0.05) is 39.8 Å². The fourth-order valence-corrected chi connectivity index (χ4v) is 1.63. The molecule has 1 rings (SSSR count). The summed E-state index contributed by atoms with van der Waals surface area (Å²) in [7, 11) is 0. The van der Waals surface area contributed by atoms with Crippen molar-refractivity contribution in [2.75, 3.05) is 0 Å². The van der Waals surface area contributed by atoms with Gasteiger partial charge in [-0.05, 0) is 29.4 Å². The van der Waals surface area contributed by atoms with Gasteiger partial charge in [-0.3, -0.25) is 0 Å². The zero-order valence-electron chi connectivity index (χ0n) is 9.77. The molecule has 1 unspecified atom stereocenters. The zero-order chi connectivity index (χ0) is 11.6. The number of rotatable bonds is 3. The van der Waals surface area contributed by atoms with Crippen molar-refractivity contribution >= 4 is 0 Å². The maximum absolute atomic E-state index is 13.7. The molecule has 15 heavy (non-hydrogen) atoms. The summed E-state index contributed by atoms with van der Waals surface area (Å²) < 4.78 is 27.3. The molecule has 0 radical (unpaired) electrons. The first-order valence-electron chi connectivity index (χ1n) is 5.46. The summed E-state index contributed by atoms with van der Waals surface area (Å²) in [5, 5.41) is 0. The van der Waals surface area contributed by atoms with Gasteiger partial charge in [0.25, 0.3) is 0 Å². The van der Waals surface area contributed by atoms with Crippen LogP contribution in [0.5, 0.6) is 0 Å². The molecule has 0 amide bonds. The van der Waals surface area contributed by atoms with Crippen LogP contribution in [0, 0.1) is 11.6 Å². The van der Waals surface area contributed by atoms with Crippen molar-refractivity contribution in [1.29, 1.82) is 0 Å². The van der Waals surface area contributed by atoms with Crippen molar-refractivity contribution in [1.82, 2.24) is 0 Å². The number of hydrogen-bond donors (Lipinski definition) is 0. The lowest BCUT2D eigenvalue weighted by atomic mass is 9.93. The molecule has 0 saturated carbocycles. The highest BCUT2D eigenvalue weighted by Crippen LogP contribution is 2.28. The van der Waals surface area contributed by atoms with E-state index in [4.69, 9.17) is 0 Å². The summed E-state index contributed by atoms with van der Waals surface area (Å²) in [6, 6.07) is 3.41. The van der Waals surface area contributed by atoms with Gasteiger partial charge in [0.05, 0.1) is 0 Å². The lowest BCUT2D eigenvalue weighted by molar-refractivity contribution is 0.476. The molecule has 0 N–H and O–H groups in total. The fraction of sp³-hybridized carbons (Fsp3) is 0.538. The summed E-state index contributed by atoms with van der Waals surface area (Å²) in [6.07, 6.45) is 0.817. The third-order valence-corrected chi connectivity index (χ3v) is 2.91. The van der Waals surface area contributed by atoms with Crippen molar-refractivity contribution in [3.8, 4) is 0 Å². The van der Waals surface area contributed by atoms with Gasteiger partial charge in [0.2, 0.25) is 0 Å². The molecule has 0 heterocycles. The summed E-state index contributed by atoms with van der Waals surface area (Å²) in [4.78, 5) is 0. The van der Waals surface area contributed by atoms with E-state index in [9.17, 15) is 8.78 Å². The molecule has 0 aliphatic rings. The summed E-state index contributed by atoms with van der Waals surface area (Å²) in [5.74, 6) is -1.26. The molecule has 0 nitrogen and oxygen atoms in total. The highest BCUT2D eigenvalue weighted by atomic mass is 19.2. The van der Waals surface area contributed by atoms with Gasteiger partial charge in [0, 0.05) is 0 Å². The second-order valence-electron chi connectivity index (χ2n) is 4.34. The van der Waals surface area contributed by atoms with Gasteiger partial charge in [-0.2, -0.15) is 0 Å². The predicted octanol–water partition coefficient (Wildman–Crippen LogP) is 4.60. The van der Waals surface area contributed by atoms with E-state index in [-0.39, 0.29) is 11.8 Å². The number of hydrogen-bond acceptors (Lipinski definition) is 0. The van der Waals surface area contributed by atoms with E-state index in [1.807, 2.05) is 27.7 Å². The van der Waals surface area contributed by atoms with Crippen molar-refractivity contribution in [2.45, 2.75) is 46.0 Å². The van der Waals surface area contributed by atoms with E-state index in [0.29, 0.717) is 11.1 Å². The molecule has 0 fully saturated rings. The van der Waals surface area contributed by atoms with Gasteiger partial charge >= 0.3 is 0 Å². The van der Waals surface area contributed by atoms with Crippen LogP contribution in [-0.2, 0) is 0 Å². The minimum atomic E-state index is -0.678. The van der Waals surface area contributed by atoms with Crippen molar-refractivity contribution in [3.63, 3.8) is 0 Å². The Labute approximate surface area is 90.3 Å². The molecule has 0 aromatic heterocycles. The molecule has 0 aliphatic carbocycles. The highest BCUT2D eigenvalue weighted by molar-refractivity contribution is 5.30. The standard InChI is InChI=1S/C13H18F2/c1-5-9(4)11-7-6-10(8(2)3)12(14)13(11)15/h6-9H,5H2,1-4H3. The monoisotopic (exact) mass is 212 g/mol. The van der Waals surface area contributed by atoms with E-state index in [1.165, 1.54) is 0 Å². The van der Waals surface area contributed by atoms with Crippen molar-refractivity contribution in [3.05, 3.63) is 34.9 Å². The van der Waals surface area contributed by atoms with Crippen LogP contribution in [0.1, 0.15) is 57.1 Å². The second kappa shape index (κ2) is 4.73. The Bertz CT molecular complexity index is 343. The quantitative estimate of drug-likeness (QED) is 0.686. The summed E-state index contributed by atoms with van der Waals surface area (Å²) >= 11 is 0. The Morgan fingerprint density at radius 2 is 1.47 bits per heavy atom. The average Bonchev–Trinajstić information content (AvgIpc) is 2.20. The van der Waals surface area contributed by atoms with Gasteiger partial charge in [-0.15, -0.1) is 0 Å². The lowest BCUT2D eigenvalue weighted by Crippen LogP contribution is -2.03. The fourth-order valence-electron chi connectivity index (χ4n) is 1.63. The molecule has 0 aliphatic heterocycles. The third-order valence-electron chi connectivity index (χ3n) is 2.91. The van der Waals surface area contributed by atoms with Gasteiger partial charge in [-0.25, -0.2) is 8.78 Å². The Hall–Kier alpha value is -0.920. The van der Waals surface area contributed by atoms with Crippen LogP contribution < -0.4 is 0 Å². The first kappa shape index (κ1) is 12.2. The minimum absolute atomic E-state index is 0.0190. The Kier molecular flexibility index (Phi) is 3.83. The topological polar surface area (TPSA) is 0 Å². The molecule has 2 heteroatoms. The Balaban J connectivity index is 3.21. The number of benzene rings is 1. The van der Waals surface area contributed by atoms with E-state index in [0.717, 1.165) is 6.42 Å². The molecule has 0 bridgehead atoms. The molecule has 0 saturated heterocycles. The van der Waals surface area contributed by atoms with Gasteiger partial charge < -0.3 is 0 Å². The molecular formula is C13H18F2. The molecular weight excluding hydrogens is 194 g/mol. The predicted molar refractivity (Wildman–Crippen MR) is 59.2 cm³/mol. The highest BCUT2D eigenvalue weighted by Gasteiger charge is 2.17. The SMILES string of the molecule is CCC(C)c1ccc(C(C)C)c(F)c1F. The minimum Gasteiger partial charge on any atom is -0.203 e. The smallest absolute Gasteiger partial charge is 0.162 e. The van der Waals surface area contributed by atoms with Crippen LogP contribution in [0.3, 0.4) is 0 Å². The van der Waals surface area contributed by atoms with Crippen molar-refractivity contribution < 1.29 is 8.78 Å². The maximum Gasteiger partial charge on any atom is 0.162 e. The Morgan fingerprint density at radius 1 is 1.00 bits per heavy atom. The van der Waals surface area contributed by atoms with Gasteiger partial charge in [0.1, 0.15) is 0 Å². The van der Waals surface area contributed by atoms with Crippen LogP contribution in [0.4, 0.5) is 8.78 Å². The normalized spacial score (nSPS) is 13.3. The molecule has 1 atom stereocenters. The maximum atomic E-state index is 13.7. The van der Waals surface area contributed by atoms with E-state index < -0.39 is 11.6 Å². The second-order valence-corrected chi connectivity index (χ2v) is 4.34. The van der Waals surface area contributed by atoms with Crippen LogP contribution in [0.25, 0.3) is 0 Å². The average molecular weight is 212 g/mol. The van der Waals surface area contributed by atoms with Crippen molar-refractivity contribution in [2.24, 2.45) is 0 Å². The zero-order valence-corrected chi connectivity index (χ0v) is 9.77. The molecule has 1 aromatic carbocycles. The van der Waals surface area contributed by atoms with Crippen LogP contribution in [0.15, 0.2) is 12.1 Å².